The van der Waals surface area contributed by atoms with Gasteiger partial charge in [-0.1, -0.05) is 17.7 Å². The molecule has 2 aromatic rings. The molecule has 84 valence electrons. The maximum absolute atomic E-state index is 9.07. The summed E-state index contributed by atoms with van der Waals surface area (Å²) < 4.78 is 0. The van der Waals surface area contributed by atoms with Crippen LogP contribution in [0.3, 0.4) is 0 Å². The summed E-state index contributed by atoms with van der Waals surface area (Å²) in [6.07, 6.45) is 1.74. The minimum Gasteiger partial charge on any atom is -0.360 e. The van der Waals surface area contributed by atoms with Gasteiger partial charge in [0.1, 0.15) is 6.07 Å². The topological polar surface area (TPSA) is 35.8 Å². The van der Waals surface area contributed by atoms with E-state index in [1.807, 2.05) is 48.0 Å². The largest absolute Gasteiger partial charge is 0.360 e. The Bertz CT molecular complexity index is 545. The first-order chi connectivity index (χ1) is 8.29. The van der Waals surface area contributed by atoms with E-state index in [9.17, 15) is 0 Å². The molecule has 1 aromatic carbocycles. The summed E-state index contributed by atoms with van der Waals surface area (Å²) in [7, 11) is 0. The number of nitrogens with one attached hydrogen (secondary N) is 1. The average Bonchev–Trinajstić information content (AvgIpc) is 2.86. The number of anilines is 1. The summed E-state index contributed by atoms with van der Waals surface area (Å²) in [6.45, 7) is 2.05. The van der Waals surface area contributed by atoms with Crippen molar-refractivity contribution in [3.8, 4) is 6.07 Å². The Labute approximate surface area is 105 Å². The van der Waals surface area contributed by atoms with Crippen LogP contribution < -0.4 is 5.32 Å². The van der Waals surface area contributed by atoms with E-state index >= 15 is 0 Å². The van der Waals surface area contributed by atoms with Crippen molar-refractivity contribution in [2.75, 3.05) is 5.32 Å². The zero-order chi connectivity index (χ0) is 12.1. The third-order valence-corrected chi connectivity index (χ3v) is 3.07. The van der Waals surface area contributed by atoms with Gasteiger partial charge in [-0.3, -0.25) is 0 Å². The molecule has 0 bridgehead atoms. The van der Waals surface area contributed by atoms with E-state index in [1.54, 1.807) is 17.5 Å². The van der Waals surface area contributed by atoms with Gasteiger partial charge in [0.25, 0.3) is 0 Å². The Morgan fingerprint density at radius 3 is 2.65 bits per heavy atom. The molecule has 1 N–H and O–H groups in total. The van der Waals surface area contributed by atoms with Gasteiger partial charge in [-0.2, -0.15) is 16.6 Å². The standard InChI is InChI=1S/C14H12N2S/c1-11-2-4-14(5-3-11)16-9-13(8-15)12-6-7-17-10-12/h2-7,9-10,16H,1H3/b13-9-. The second-order valence-electron chi connectivity index (χ2n) is 3.69. The Kier molecular flexibility index (Phi) is 3.59. The van der Waals surface area contributed by atoms with Crippen LogP contribution in [0, 0.1) is 18.3 Å². The number of nitriles is 1. The minimum atomic E-state index is 0.645. The summed E-state index contributed by atoms with van der Waals surface area (Å²) in [6, 6.07) is 12.2. The molecule has 0 amide bonds. The lowest BCUT2D eigenvalue weighted by Gasteiger charge is -2.02. The quantitative estimate of drug-likeness (QED) is 0.822. The van der Waals surface area contributed by atoms with Gasteiger partial charge in [-0.15, -0.1) is 0 Å². The average molecular weight is 240 g/mol. The van der Waals surface area contributed by atoms with Crippen LogP contribution in [0.15, 0.2) is 47.3 Å². The second-order valence-corrected chi connectivity index (χ2v) is 4.47. The van der Waals surface area contributed by atoms with Crippen molar-refractivity contribution in [3.63, 3.8) is 0 Å². The van der Waals surface area contributed by atoms with Crippen LogP contribution in [0.5, 0.6) is 0 Å². The van der Waals surface area contributed by atoms with E-state index in [2.05, 4.69) is 11.4 Å². The van der Waals surface area contributed by atoms with Gasteiger partial charge in [-0.25, -0.2) is 0 Å². The van der Waals surface area contributed by atoms with Crippen LogP contribution >= 0.6 is 11.3 Å². The predicted molar refractivity (Wildman–Crippen MR) is 72.7 cm³/mol. The molecule has 0 spiro atoms. The number of hydrogen-bond acceptors (Lipinski definition) is 3. The van der Waals surface area contributed by atoms with Gasteiger partial charge in [0.05, 0.1) is 5.57 Å². The molecule has 1 aromatic heterocycles. The number of aryl methyl sites for hydroxylation is 1. The fraction of sp³-hybridized carbons (Fsp3) is 0.0714. The number of nitrogens with zero attached hydrogens (tertiary/aromatic N) is 1. The van der Waals surface area contributed by atoms with Crippen molar-refractivity contribution in [1.29, 1.82) is 5.26 Å². The molecule has 0 aliphatic heterocycles. The van der Waals surface area contributed by atoms with Gasteiger partial charge in [0.2, 0.25) is 0 Å². The molecule has 3 heteroatoms. The first-order valence-electron chi connectivity index (χ1n) is 5.25. The molecular weight excluding hydrogens is 228 g/mol. The van der Waals surface area contributed by atoms with E-state index in [0.717, 1.165) is 11.3 Å². The van der Waals surface area contributed by atoms with Crippen LogP contribution in [0.4, 0.5) is 5.69 Å². The lowest BCUT2D eigenvalue weighted by molar-refractivity contribution is 1.46. The van der Waals surface area contributed by atoms with Crippen LogP contribution in [0.25, 0.3) is 5.57 Å². The number of hydrogen-bond donors (Lipinski definition) is 1. The van der Waals surface area contributed by atoms with Gasteiger partial charge < -0.3 is 5.32 Å². The van der Waals surface area contributed by atoms with Crippen molar-refractivity contribution < 1.29 is 0 Å². The molecule has 2 nitrogen and oxygen atoms in total. The molecule has 0 saturated heterocycles. The molecule has 1 heterocycles. The van der Waals surface area contributed by atoms with Crippen molar-refractivity contribution in [2.45, 2.75) is 6.92 Å². The van der Waals surface area contributed by atoms with E-state index in [1.165, 1.54) is 5.56 Å². The predicted octanol–water partition coefficient (Wildman–Crippen LogP) is 4.03. The lowest BCUT2D eigenvalue weighted by atomic mass is 10.2. The fourth-order valence-electron chi connectivity index (χ4n) is 1.40. The Morgan fingerprint density at radius 1 is 1.29 bits per heavy atom. The van der Waals surface area contributed by atoms with Crippen molar-refractivity contribution >= 4 is 22.6 Å². The number of benzene rings is 1. The SMILES string of the molecule is Cc1ccc(N/C=C(/C#N)c2ccsc2)cc1. The van der Waals surface area contributed by atoms with Crippen LogP contribution in [0.2, 0.25) is 0 Å². The van der Waals surface area contributed by atoms with Crippen molar-refractivity contribution in [3.05, 3.63) is 58.4 Å². The summed E-state index contributed by atoms with van der Waals surface area (Å²) in [5.74, 6) is 0. The van der Waals surface area contributed by atoms with Gasteiger partial charge in [0, 0.05) is 17.5 Å². The van der Waals surface area contributed by atoms with E-state index < -0.39 is 0 Å². The molecule has 0 unspecified atom stereocenters. The molecule has 0 saturated carbocycles. The second kappa shape index (κ2) is 5.33. The molecule has 17 heavy (non-hydrogen) atoms. The summed E-state index contributed by atoms with van der Waals surface area (Å²) in [4.78, 5) is 0. The Morgan fingerprint density at radius 2 is 2.06 bits per heavy atom. The van der Waals surface area contributed by atoms with Crippen molar-refractivity contribution in [1.82, 2.24) is 0 Å². The monoisotopic (exact) mass is 240 g/mol. The highest BCUT2D eigenvalue weighted by atomic mass is 32.1. The molecule has 2 rings (SSSR count). The number of rotatable bonds is 3. The Hall–Kier alpha value is -2.05. The highest BCUT2D eigenvalue weighted by molar-refractivity contribution is 7.08. The zero-order valence-corrected chi connectivity index (χ0v) is 10.3. The molecule has 0 atom stereocenters. The smallest absolute Gasteiger partial charge is 0.101 e. The fourth-order valence-corrected chi connectivity index (χ4v) is 2.06. The summed E-state index contributed by atoms with van der Waals surface area (Å²) in [5.41, 5.74) is 3.81. The van der Waals surface area contributed by atoms with E-state index in [4.69, 9.17) is 5.26 Å². The number of thiophene rings is 1. The summed E-state index contributed by atoms with van der Waals surface area (Å²) in [5, 5.41) is 16.1. The molecule has 0 fully saturated rings. The zero-order valence-electron chi connectivity index (χ0n) is 9.47. The number of allylic oxidation sites excluding steroid dienone is 1. The van der Waals surface area contributed by atoms with Crippen LogP contribution in [-0.2, 0) is 0 Å². The third kappa shape index (κ3) is 2.96. The van der Waals surface area contributed by atoms with Gasteiger partial charge in [0.15, 0.2) is 0 Å². The minimum absolute atomic E-state index is 0.645. The van der Waals surface area contributed by atoms with E-state index in [0.29, 0.717) is 5.57 Å². The van der Waals surface area contributed by atoms with Gasteiger partial charge in [-0.05, 0) is 35.9 Å². The first-order valence-corrected chi connectivity index (χ1v) is 6.20. The van der Waals surface area contributed by atoms with Gasteiger partial charge >= 0.3 is 0 Å². The molecule has 0 aliphatic carbocycles. The lowest BCUT2D eigenvalue weighted by Crippen LogP contribution is -1.90. The highest BCUT2D eigenvalue weighted by Gasteiger charge is 1.99. The first kappa shape index (κ1) is 11.4. The third-order valence-electron chi connectivity index (χ3n) is 2.39. The Balaban J connectivity index is 2.14. The summed E-state index contributed by atoms with van der Waals surface area (Å²) >= 11 is 1.59. The molecule has 0 radical (unpaired) electrons. The van der Waals surface area contributed by atoms with Crippen LogP contribution in [-0.4, -0.2) is 0 Å². The van der Waals surface area contributed by atoms with Crippen molar-refractivity contribution in [2.24, 2.45) is 0 Å². The highest BCUT2D eigenvalue weighted by Crippen LogP contribution is 2.17. The maximum Gasteiger partial charge on any atom is 0.101 e. The maximum atomic E-state index is 9.07. The normalized spacial score (nSPS) is 10.9. The molecular formula is C14H12N2S. The van der Waals surface area contributed by atoms with E-state index in [-0.39, 0.29) is 0 Å². The van der Waals surface area contributed by atoms with Crippen LogP contribution in [0.1, 0.15) is 11.1 Å². The molecule has 0 aliphatic rings.